The third kappa shape index (κ3) is 4.78. The van der Waals surface area contributed by atoms with E-state index in [-0.39, 0.29) is 18.1 Å². The zero-order valence-electron chi connectivity index (χ0n) is 22.3. The summed E-state index contributed by atoms with van der Waals surface area (Å²) in [4.78, 5) is 15.5. The predicted octanol–water partition coefficient (Wildman–Crippen LogP) is 4.91. The van der Waals surface area contributed by atoms with Gasteiger partial charge >= 0.3 is 0 Å². The van der Waals surface area contributed by atoms with E-state index in [9.17, 15) is 4.39 Å². The molecule has 39 heavy (non-hydrogen) atoms. The molecule has 1 atom stereocenters. The number of likely N-dealkylation sites (tertiary alicyclic amines) is 1. The van der Waals surface area contributed by atoms with Crippen molar-refractivity contribution in [2.45, 2.75) is 38.6 Å². The van der Waals surface area contributed by atoms with E-state index in [0.29, 0.717) is 51.6 Å². The molecule has 13 heteroatoms. The van der Waals surface area contributed by atoms with Crippen molar-refractivity contribution >= 4 is 40.2 Å². The number of nitrogens with zero attached hydrogens (tertiary/aromatic N) is 9. The first kappa shape index (κ1) is 25.5. The molecule has 0 saturated carbocycles. The summed E-state index contributed by atoms with van der Waals surface area (Å²) in [5, 5.41) is 12.9. The lowest BCUT2D eigenvalue weighted by Crippen LogP contribution is -2.26. The van der Waals surface area contributed by atoms with Gasteiger partial charge in [0.2, 0.25) is 5.95 Å². The number of alkyl halides is 1. The Morgan fingerprint density at radius 2 is 2.05 bits per heavy atom. The number of aromatic nitrogens is 8. The van der Waals surface area contributed by atoms with E-state index >= 15 is 0 Å². The van der Waals surface area contributed by atoms with Crippen LogP contribution in [0.4, 0.5) is 16.2 Å². The lowest BCUT2D eigenvalue weighted by atomic mass is 9.91. The van der Waals surface area contributed by atoms with Crippen LogP contribution in [0.25, 0.3) is 16.8 Å². The van der Waals surface area contributed by atoms with Gasteiger partial charge in [-0.1, -0.05) is 32.4 Å². The first-order valence-corrected chi connectivity index (χ1v) is 13.2. The Bertz CT molecular complexity index is 1650. The highest BCUT2D eigenvalue weighted by Gasteiger charge is 2.30. The van der Waals surface area contributed by atoms with Gasteiger partial charge in [-0.25, -0.2) is 18.9 Å². The van der Waals surface area contributed by atoms with Crippen molar-refractivity contribution in [3.8, 4) is 11.5 Å². The fraction of sp³-hybridized carbons (Fsp3) is 0.423. The smallest absolute Gasteiger partial charge is 0.210 e. The topological polar surface area (TPSA) is 103 Å². The minimum absolute atomic E-state index is 0.127. The molecule has 0 amide bonds. The van der Waals surface area contributed by atoms with Crippen molar-refractivity contribution in [2.75, 3.05) is 31.6 Å². The number of rotatable bonds is 7. The molecule has 0 aliphatic carbocycles. The van der Waals surface area contributed by atoms with Gasteiger partial charge in [-0.2, -0.15) is 15.2 Å². The monoisotopic (exact) mass is 552 g/mol. The normalized spacial score (nSPS) is 16.5. The second kappa shape index (κ2) is 9.76. The van der Waals surface area contributed by atoms with Crippen LogP contribution in [-0.2, 0) is 12.5 Å². The molecular weight excluding hydrogens is 523 g/mol. The van der Waals surface area contributed by atoms with E-state index in [1.807, 2.05) is 11.6 Å². The van der Waals surface area contributed by atoms with Crippen molar-refractivity contribution in [3.63, 3.8) is 0 Å². The molecule has 0 aromatic carbocycles. The second-order valence-electron chi connectivity index (χ2n) is 10.8. The van der Waals surface area contributed by atoms with Crippen molar-refractivity contribution in [1.29, 1.82) is 0 Å². The van der Waals surface area contributed by atoms with Gasteiger partial charge in [-0.3, -0.25) is 9.58 Å². The Labute approximate surface area is 229 Å². The Hall–Kier alpha value is -3.77. The average molecular weight is 553 g/mol. The lowest BCUT2D eigenvalue weighted by molar-refractivity contribution is 0.282. The van der Waals surface area contributed by atoms with Gasteiger partial charge in [0.05, 0.1) is 18.4 Å². The molecule has 5 aromatic rings. The van der Waals surface area contributed by atoms with Crippen LogP contribution in [0.5, 0.6) is 11.5 Å². The molecule has 6 rings (SSSR count). The standard InChI is InChI=1S/C26H30ClFN10O/c1-26(2,3)19-12-20(34-38(19)16-5-8-36(15-16)9-6-28)32-25-33-24-23(35(25)4)22(27)18(14-30-24)39-17-11-21-29-7-10-37(21)31-13-17/h7,10-14,16H,5-6,8-9,15H2,1-4H3,(H,30,32,33,34)/t16-/m0/s1. The Balaban J connectivity index is 1.29. The molecule has 0 spiro atoms. The van der Waals surface area contributed by atoms with E-state index < -0.39 is 0 Å². The van der Waals surface area contributed by atoms with Crippen LogP contribution in [0.15, 0.2) is 36.9 Å². The van der Waals surface area contributed by atoms with E-state index in [0.717, 1.165) is 25.2 Å². The van der Waals surface area contributed by atoms with E-state index in [1.54, 1.807) is 35.4 Å². The highest BCUT2D eigenvalue weighted by Crippen LogP contribution is 2.36. The van der Waals surface area contributed by atoms with Crippen LogP contribution in [0.3, 0.4) is 0 Å². The summed E-state index contributed by atoms with van der Waals surface area (Å²) in [5.41, 5.74) is 2.74. The highest BCUT2D eigenvalue weighted by molar-refractivity contribution is 6.36. The van der Waals surface area contributed by atoms with Crippen molar-refractivity contribution in [1.82, 2.24) is 43.8 Å². The van der Waals surface area contributed by atoms with Gasteiger partial charge in [-0.05, 0) is 6.42 Å². The van der Waals surface area contributed by atoms with Crippen molar-refractivity contribution < 1.29 is 9.13 Å². The Morgan fingerprint density at radius 3 is 2.85 bits per heavy atom. The number of anilines is 2. The molecule has 1 N–H and O–H groups in total. The van der Waals surface area contributed by atoms with Crippen LogP contribution in [0, 0.1) is 0 Å². The summed E-state index contributed by atoms with van der Waals surface area (Å²) < 4.78 is 24.5. The van der Waals surface area contributed by atoms with Gasteiger partial charge < -0.3 is 14.6 Å². The number of imidazole rings is 2. The van der Waals surface area contributed by atoms with Crippen LogP contribution < -0.4 is 10.1 Å². The number of pyridine rings is 1. The van der Waals surface area contributed by atoms with Crippen LogP contribution in [-0.4, -0.2) is 70.1 Å². The Morgan fingerprint density at radius 1 is 1.21 bits per heavy atom. The molecule has 11 nitrogen and oxygen atoms in total. The summed E-state index contributed by atoms with van der Waals surface area (Å²) >= 11 is 6.78. The van der Waals surface area contributed by atoms with Crippen molar-refractivity contribution in [3.05, 3.63) is 47.6 Å². The zero-order chi connectivity index (χ0) is 27.3. The fourth-order valence-electron chi connectivity index (χ4n) is 5.01. The van der Waals surface area contributed by atoms with Gasteiger partial charge in [-0.15, -0.1) is 0 Å². The molecule has 204 valence electrons. The zero-order valence-corrected chi connectivity index (χ0v) is 23.0. The third-order valence-electron chi connectivity index (χ3n) is 7.00. The number of nitrogens with one attached hydrogen (secondary N) is 1. The summed E-state index contributed by atoms with van der Waals surface area (Å²) in [7, 11) is 1.86. The maximum atomic E-state index is 12.9. The Kier molecular flexibility index (Phi) is 6.38. The quantitative estimate of drug-likeness (QED) is 0.304. The molecule has 0 unspecified atom stereocenters. The number of fused-ring (bicyclic) bond motifs is 2. The molecule has 0 radical (unpaired) electrons. The number of aryl methyl sites for hydroxylation is 1. The number of hydrogen-bond donors (Lipinski definition) is 1. The van der Waals surface area contributed by atoms with Crippen LogP contribution in [0.2, 0.25) is 5.02 Å². The first-order chi connectivity index (χ1) is 18.7. The van der Waals surface area contributed by atoms with Gasteiger partial charge in [0.25, 0.3) is 0 Å². The number of halogens is 2. The maximum absolute atomic E-state index is 12.9. The highest BCUT2D eigenvalue weighted by atomic mass is 35.5. The summed E-state index contributed by atoms with van der Waals surface area (Å²) in [5.74, 6) is 2.10. The second-order valence-corrected chi connectivity index (χ2v) is 11.2. The van der Waals surface area contributed by atoms with Gasteiger partial charge in [0.1, 0.15) is 17.2 Å². The molecule has 6 heterocycles. The minimum atomic E-state index is -0.336. The lowest BCUT2D eigenvalue weighted by Gasteiger charge is -2.23. The number of ether oxygens (including phenoxy) is 1. The molecule has 1 aliphatic heterocycles. The molecule has 5 aromatic heterocycles. The summed E-state index contributed by atoms with van der Waals surface area (Å²) in [6.07, 6.45) is 7.50. The minimum Gasteiger partial charge on any atom is -0.452 e. The van der Waals surface area contributed by atoms with Gasteiger partial charge in [0, 0.05) is 62.3 Å². The number of hydrogen-bond acceptors (Lipinski definition) is 8. The summed E-state index contributed by atoms with van der Waals surface area (Å²) in [6, 6.07) is 4.02. The van der Waals surface area contributed by atoms with Crippen LogP contribution in [0.1, 0.15) is 38.9 Å². The third-order valence-corrected chi connectivity index (χ3v) is 7.37. The van der Waals surface area contributed by atoms with Gasteiger partial charge in [0.15, 0.2) is 28.6 Å². The molecule has 0 bridgehead atoms. The fourth-order valence-corrected chi connectivity index (χ4v) is 5.31. The van der Waals surface area contributed by atoms with E-state index in [2.05, 4.69) is 61.8 Å². The largest absolute Gasteiger partial charge is 0.452 e. The summed E-state index contributed by atoms with van der Waals surface area (Å²) in [6.45, 7) is 8.27. The van der Waals surface area contributed by atoms with Crippen LogP contribution >= 0.6 is 11.6 Å². The molecule has 1 saturated heterocycles. The average Bonchev–Trinajstić information content (AvgIpc) is 3.67. The maximum Gasteiger partial charge on any atom is 0.210 e. The SMILES string of the molecule is Cn1c(Nc2cc(C(C)(C)C)n([C@H]3CCN(CCF)C3)n2)nc2ncc(Oc3cnn4ccnc4c3)c(Cl)c21. The van der Waals surface area contributed by atoms with E-state index in [1.165, 1.54) is 0 Å². The molecule has 1 aliphatic rings. The van der Waals surface area contributed by atoms with Crippen molar-refractivity contribution in [2.24, 2.45) is 7.05 Å². The molecular formula is C26H30ClFN10O. The predicted molar refractivity (Wildman–Crippen MR) is 147 cm³/mol. The molecule has 1 fully saturated rings. The van der Waals surface area contributed by atoms with E-state index in [4.69, 9.17) is 21.4 Å². The first-order valence-electron chi connectivity index (χ1n) is 12.8.